The topological polar surface area (TPSA) is 40.5 Å². The van der Waals surface area contributed by atoms with Crippen molar-refractivity contribution in [2.75, 3.05) is 0 Å². The Kier molecular flexibility index (Phi) is 6.57. The van der Waals surface area contributed by atoms with Crippen LogP contribution in [0.5, 0.6) is 0 Å². The first kappa shape index (κ1) is 10.9. The molecule has 0 aromatic carbocycles. The summed E-state index contributed by atoms with van der Waals surface area (Å²) in [7, 11) is 0. The van der Waals surface area contributed by atoms with Crippen molar-refractivity contribution in [2.24, 2.45) is 0 Å². The zero-order valence-electron chi connectivity index (χ0n) is 7.58. The van der Waals surface area contributed by atoms with Gasteiger partial charge in [0.2, 0.25) is 0 Å². The Morgan fingerprint density at radius 2 is 1.64 bits per heavy atom. The van der Waals surface area contributed by atoms with Crippen molar-refractivity contribution in [3.63, 3.8) is 0 Å². The van der Waals surface area contributed by atoms with Crippen LogP contribution in [0.1, 0.15) is 46.0 Å². The van der Waals surface area contributed by atoms with Gasteiger partial charge in [0, 0.05) is 0 Å². The molecule has 0 aliphatic heterocycles. The number of rotatable bonds is 6. The summed E-state index contributed by atoms with van der Waals surface area (Å²) in [5, 5.41) is 18.5. The molecule has 0 aromatic rings. The summed E-state index contributed by atoms with van der Waals surface area (Å²) in [6.45, 7) is 4.01. The van der Waals surface area contributed by atoms with Crippen LogP contribution in [0.2, 0.25) is 0 Å². The van der Waals surface area contributed by atoms with Gasteiger partial charge in [0.15, 0.2) is 0 Å². The summed E-state index contributed by atoms with van der Waals surface area (Å²) in [6.07, 6.45) is 3.69. The van der Waals surface area contributed by atoms with Crippen molar-refractivity contribution in [3.8, 4) is 0 Å². The highest BCUT2D eigenvalue weighted by Gasteiger charge is 2.12. The lowest BCUT2D eigenvalue weighted by atomic mass is 10.0. The third-order valence-electron chi connectivity index (χ3n) is 1.97. The van der Waals surface area contributed by atoms with E-state index in [2.05, 4.69) is 6.92 Å². The quantitative estimate of drug-likeness (QED) is 0.581. The SMILES string of the molecule is CCCCC[C@H](O)[C@H](O)CC. The van der Waals surface area contributed by atoms with Crippen LogP contribution in [0.25, 0.3) is 0 Å². The second-order valence-electron chi connectivity index (χ2n) is 3.04. The minimum Gasteiger partial charge on any atom is -0.390 e. The molecule has 68 valence electrons. The predicted octanol–water partition coefficient (Wildman–Crippen LogP) is 1.70. The normalized spacial score (nSPS) is 16.4. The van der Waals surface area contributed by atoms with Gasteiger partial charge in [-0.2, -0.15) is 0 Å². The van der Waals surface area contributed by atoms with Gasteiger partial charge in [0.25, 0.3) is 0 Å². The maximum absolute atomic E-state index is 9.29. The Bertz CT molecular complexity index is 83.6. The van der Waals surface area contributed by atoms with Crippen molar-refractivity contribution in [3.05, 3.63) is 0 Å². The number of unbranched alkanes of at least 4 members (excludes halogenated alkanes) is 2. The number of aliphatic hydroxyl groups excluding tert-OH is 2. The molecule has 0 unspecified atom stereocenters. The molecule has 0 saturated carbocycles. The molecule has 0 saturated heterocycles. The van der Waals surface area contributed by atoms with Crippen LogP contribution < -0.4 is 0 Å². The predicted molar refractivity (Wildman–Crippen MR) is 46.4 cm³/mol. The number of hydrogen-bond donors (Lipinski definition) is 2. The Morgan fingerprint density at radius 1 is 1.00 bits per heavy atom. The van der Waals surface area contributed by atoms with E-state index in [0.717, 1.165) is 25.7 Å². The van der Waals surface area contributed by atoms with Crippen LogP contribution in [0.15, 0.2) is 0 Å². The molecule has 2 heteroatoms. The third kappa shape index (κ3) is 5.22. The Balaban J connectivity index is 3.28. The Hall–Kier alpha value is -0.0800. The lowest BCUT2D eigenvalue weighted by molar-refractivity contribution is 0.0114. The van der Waals surface area contributed by atoms with Crippen LogP contribution in [-0.2, 0) is 0 Å². The van der Waals surface area contributed by atoms with E-state index in [-0.39, 0.29) is 0 Å². The molecule has 0 aliphatic rings. The van der Waals surface area contributed by atoms with Crippen LogP contribution in [0, 0.1) is 0 Å². The summed E-state index contributed by atoms with van der Waals surface area (Å²) in [6, 6.07) is 0. The third-order valence-corrected chi connectivity index (χ3v) is 1.97. The summed E-state index contributed by atoms with van der Waals surface area (Å²) in [5.41, 5.74) is 0. The zero-order valence-corrected chi connectivity index (χ0v) is 7.58. The summed E-state index contributed by atoms with van der Waals surface area (Å²) in [5.74, 6) is 0. The molecular formula is C9H20O2. The molecule has 0 aliphatic carbocycles. The zero-order chi connectivity index (χ0) is 8.69. The second kappa shape index (κ2) is 6.62. The molecule has 2 N–H and O–H groups in total. The van der Waals surface area contributed by atoms with E-state index >= 15 is 0 Å². The summed E-state index contributed by atoms with van der Waals surface area (Å²) < 4.78 is 0. The first-order valence-electron chi connectivity index (χ1n) is 4.58. The van der Waals surface area contributed by atoms with Gasteiger partial charge in [-0.25, -0.2) is 0 Å². The molecule has 0 fully saturated rings. The molecule has 0 radical (unpaired) electrons. The standard InChI is InChI=1S/C9H20O2/c1-3-5-6-7-9(11)8(10)4-2/h8-11H,3-7H2,1-2H3/t8-,9+/m1/s1. The minimum absolute atomic E-state index is 0.508. The molecule has 2 nitrogen and oxygen atoms in total. The van der Waals surface area contributed by atoms with Crippen molar-refractivity contribution >= 4 is 0 Å². The van der Waals surface area contributed by atoms with Gasteiger partial charge >= 0.3 is 0 Å². The summed E-state index contributed by atoms with van der Waals surface area (Å²) in [4.78, 5) is 0. The average Bonchev–Trinajstić information content (AvgIpc) is 2.03. The first-order valence-corrected chi connectivity index (χ1v) is 4.58. The second-order valence-corrected chi connectivity index (χ2v) is 3.04. The largest absolute Gasteiger partial charge is 0.390 e. The van der Waals surface area contributed by atoms with Crippen molar-refractivity contribution in [2.45, 2.75) is 58.2 Å². The van der Waals surface area contributed by atoms with E-state index in [1.165, 1.54) is 0 Å². The highest BCUT2D eigenvalue weighted by Crippen LogP contribution is 2.08. The van der Waals surface area contributed by atoms with Gasteiger partial charge in [-0.1, -0.05) is 33.1 Å². The smallest absolute Gasteiger partial charge is 0.0799 e. The van der Waals surface area contributed by atoms with E-state index in [1.807, 2.05) is 6.92 Å². The molecule has 0 spiro atoms. The fourth-order valence-corrected chi connectivity index (χ4v) is 1.07. The number of aliphatic hydroxyl groups is 2. The lowest BCUT2D eigenvalue weighted by Crippen LogP contribution is -2.24. The maximum Gasteiger partial charge on any atom is 0.0799 e. The fraction of sp³-hybridized carbons (Fsp3) is 1.00. The average molecular weight is 160 g/mol. The first-order chi connectivity index (χ1) is 5.22. The summed E-state index contributed by atoms with van der Waals surface area (Å²) >= 11 is 0. The fourth-order valence-electron chi connectivity index (χ4n) is 1.07. The highest BCUT2D eigenvalue weighted by atomic mass is 16.3. The van der Waals surface area contributed by atoms with Crippen molar-refractivity contribution in [1.29, 1.82) is 0 Å². The van der Waals surface area contributed by atoms with Gasteiger partial charge < -0.3 is 10.2 Å². The van der Waals surface area contributed by atoms with Crippen molar-refractivity contribution < 1.29 is 10.2 Å². The van der Waals surface area contributed by atoms with Gasteiger partial charge in [0.05, 0.1) is 12.2 Å². The van der Waals surface area contributed by atoms with E-state index < -0.39 is 12.2 Å². The number of hydrogen-bond acceptors (Lipinski definition) is 2. The molecular weight excluding hydrogens is 140 g/mol. The molecule has 0 aromatic heterocycles. The maximum atomic E-state index is 9.29. The van der Waals surface area contributed by atoms with Gasteiger partial charge in [-0.15, -0.1) is 0 Å². The lowest BCUT2D eigenvalue weighted by Gasteiger charge is -2.15. The molecule has 0 heterocycles. The van der Waals surface area contributed by atoms with Crippen LogP contribution in [-0.4, -0.2) is 22.4 Å². The molecule has 2 atom stereocenters. The van der Waals surface area contributed by atoms with E-state index in [9.17, 15) is 10.2 Å². The highest BCUT2D eigenvalue weighted by molar-refractivity contribution is 4.64. The van der Waals surface area contributed by atoms with E-state index in [4.69, 9.17) is 0 Å². The van der Waals surface area contributed by atoms with Crippen LogP contribution in [0.3, 0.4) is 0 Å². The Morgan fingerprint density at radius 3 is 2.09 bits per heavy atom. The molecule has 0 bridgehead atoms. The van der Waals surface area contributed by atoms with Gasteiger partial charge in [-0.05, 0) is 12.8 Å². The van der Waals surface area contributed by atoms with Crippen LogP contribution in [0.4, 0.5) is 0 Å². The molecule has 0 amide bonds. The monoisotopic (exact) mass is 160 g/mol. The Labute approximate surface area is 69.2 Å². The van der Waals surface area contributed by atoms with E-state index in [1.54, 1.807) is 0 Å². The van der Waals surface area contributed by atoms with E-state index in [0.29, 0.717) is 6.42 Å². The van der Waals surface area contributed by atoms with Gasteiger partial charge in [-0.3, -0.25) is 0 Å². The van der Waals surface area contributed by atoms with Crippen molar-refractivity contribution in [1.82, 2.24) is 0 Å². The molecule has 0 rings (SSSR count). The minimum atomic E-state index is -0.521. The van der Waals surface area contributed by atoms with Crippen LogP contribution >= 0.6 is 0 Å². The van der Waals surface area contributed by atoms with Gasteiger partial charge in [0.1, 0.15) is 0 Å². The molecule has 11 heavy (non-hydrogen) atoms.